The van der Waals surface area contributed by atoms with E-state index in [9.17, 15) is 9.59 Å². The van der Waals surface area contributed by atoms with E-state index in [0.717, 1.165) is 11.4 Å². The Labute approximate surface area is 141 Å². The van der Waals surface area contributed by atoms with Gasteiger partial charge in [0.05, 0.1) is 6.04 Å². The van der Waals surface area contributed by atoms with Gasteiger partial charge in [-0.1, -0.05) is 4.99 Å². The fraction of sp³-hybridized carbons (Fsp3) is 0.625. The fourth-order valence-electron chi connectivity index (χ4n) is 3.51. The summed E-state index contributed by atoms with van der Waals surface area (Å²) in [5, 5.41) is 9.03. The van der Waals surface area contributed by atoms with Crippen molar-refractivity contribution in [3.8, 4) is 0 Å². The average Bonchev–Trinajstić information content (AvgIpc) is 3.02. The number of fused-ring (bicyclic) bond motifs is 3. The minimum atomic E-state index is -0.611. The molecule has 1 aromatic heterocycles. The molecule has 3 amide bonds. The number of rotatable bonds is 4. The van der Waals surface area contributed by atoms with Gasteiger partial charge in [0.15, 0.2) is 0 Å². The number of hydrogen-bond donors (Lipinski definition) is 1. The third-order valence-corrected chi connectivity index (χ3v) is 4.81. The van der Waals surface area contributed by atoms with Gasteiger partial charge in [0.2, 0.25) is 11.9 Å². The number of imidazole rings is 1. The van der Waals surface area contributed by atoms with Crippen molar-refractivity contribution in [2.75, 3.05) is 20.2 Å². The molecule has 8 heteroatoms. The maximum Gasteiger partial charge on any atom is 0.402 e. The molecule has 1 N–H and O–H groups in total. The van der Waals surface area contributed by atoms with Gasteiger partial charge in [0.25, 0.3) is 5.91 Å². The van der Waals surface area contributed by atoms with Crippen molar-refractivity contribution in [1.82, 2.24) is 14.4 Å². The summed E-state index contributed by atoms with van der Waals surface area (Å²) in [6, 6.07) is -0.800. The Balaban J connectivity index is 2.12. The monoisotopic (exact) mass is 334 g/mol. The normalized spacial score (nSPS) is 20.0. The number of aliphatic hydroxyl groups excluding tert-OH is 1. The summed E-state index contributed by atoms with van der Waals surface area (Å²) in [5.41, 5.74) is 2.04. The van der Waals surface area contributed by atoms with E-state index in [4.69, 9.17) is 5.11 Å². The second kappa shape index (κ2) is 5.70. The highest BCUT2D eigenvalue weighted by Gasteiger charge is 2.54. The van der Waals surface area contributed by atoms with Crippen LogP contribution in [0.4, 0.5) is 10.7 Å². The van der Waals surface area contributed by atoms with Crippen molar-refractivity contribution in [1.29, 1.82) is 0 Å². The van der Waals surface area contributed by atoms with E-state index in [2.05, 4.69) is 23.4 Å². The minimum Gasteiger partial charge on any atom is -0.396 e. The maximum absolute atomic E-state index is 13.0. The van der Waals surface area contributed by atoms with Crippen LogP contribution in [0.5, 0.6) is 0 Å². The predicted octanol–water partition coefficient (Wildman–Crippen LogP) is 0.834. The number of aromatic nitrogens is 2. The Morgan fingerprint density at radius 1 is 1.29 bits per heavy atom. The number of carbonyl (C=O) groups excluding carboxylic acids is 2. The van der Waals surface area contributed by atoms with E-state index < -0.39 is 6.04 Å². The van der Waals surface area contributed by atoms with Crippen LogP contribution in [0.15, 0.2) is 4.99 Å². The Morgan fingerprint density at radius 3 is 2.54 bits per heavy atom. The van der Waals surface area contributed by atoms with Crippen molar-refractivity contribution in [2.24, 2.45) is 4.99 Å². The van der Waals surface area contributed by atoms with Crippen LogP contribution in [0.25, 0.3) is 0 Å². The summed E-state index contributed by atoms with van der Waals surface area (Å²) in [5.74, 6) is 0.896. The molecule has 1 atom stereocenters. The zero-order valence-corrected chi connectivity index (χ0v) is 14.8. The van der Waals surface area contributed by atoms with Crippen LogP contribution in [0.2, 0.25) is 0 Å². The van der Waals surface area contributed by atoms with Gasteiger partial charge < -0.3 is 5.11 Å². The largest absolute Gasteiger partial charge is 0.402 e. The lowest BCUT2D eigenvalue weighted by atomic mass is 10.1. The van der Waals surface area contributed by atoms with E-state index >= 15 is 0 Å². The van der Waals surface area contributed by atoms with Crippen LogP contribution >= 0.6 is 0 Å². The number of likely N-dealkylation sites (N-methyl/N-ethyl adjacent to an activating group) is 1. The molecular weight excluding hydrogens is 310 g/mol. The summed E-state index contributed by atoms with van der Waals surface area (Å²) in [7, 11) is 1.64. The number of aliphatic hydroxyl groups is 1. The lowest BCUT2D eigenvalue weighted by Crippen LogP contribution is -2.63. The number of amidine groups is 1. The molecule has 130 valence electrons. The Bertz CT molecular complexity index is 749. The highest BCUT2D eigenvalue weighted by molar-refractivity contribution is 6.19. The number of carbonyl (C=O) groups is 2. The van der Waals surface area contributed by atoms with Crippen molar-refractivity contribution in [3.63, 3.8) is 0 Å². The number of nitrogens with zero attached hydrogens (tertiary/aromatic N) is 5. The van der Waals surface area contributed by atoms with Gasteiger partial charge in [-0.3, -0.25) is 14.6 Å². The first-order valence-corrected chi connectivity index (χ1v) is 8.22. The molecule has 1 saturated heterocycles. The minimum absolute atomic E-state index is 0.0629. The summed E-state index contributed by atoms with van der Waals surface area (Å²) in [6.07, 6.45) is 0.368. The first-order chi connectivity index (χ1) is 11.3. The number of imide groups is 1. The third kappa shape index (κ3) is 2.09. The van der Waals surface area contributed by atoms with Crippen LogP contribution in [0, 0.1) is 13.8 Å². The summed E-state index contributed by atoms with van der Waals surface area (Å²) in [4.78, 5) is 32.7. The molecule has 0 spiro atoms. The average molecular weight is 334 g/mol. The number of aliphatic imine (C=N–C) groups is 1. The molecule has 0 aromatic carbocycles. The van der Waals surface area contributed by atoms with E-state index in [1.165, 1.54) is 9.80 Å². The zero-order chi connectivity index (χ0) is 17.8. The van der Waals surface area contributed by atoms with Gasteiger partial charge in [-0.05, 0) is 34.1 Å². The van der Waals surface area contributed by atoms with E-state index in [-0.39, 0.29) is 31.1 Å². The van der Waals surface area contributed by atoms with Crippen molar-refractivity contribution in [3.05, 3.63) is 11.4 Å². The molecule has 3 rings (SSSR count). The highest BCUT2D eigenvalue weighted by Crippen LogP contribution is 2.32. The molecule has 2 aliphatic heterocycles. The molecule has 0 saturated carbocycles. The standard InChI is InChI=1S/C16H24N5O3/c1-9(2)20-10(3)11(4)21-12-13(17-15(20)21)18(5)16(24)19(14(12)23)7-6-8-22/h9,12,22H,6-8H2,1-5H3/q+1. The van der Waals surface area contributed by atoms with Crippen LogP contribution in [-0.4, -0.2) is 57.4 Å². The fourth-order valence-corrected chi connectivity index (χ4v) is 3.51. The topological polar surface area (TPSA) is 82.0 Å². The lowest BCUT2D eigenvalue weighted by Gasteiger charge is -2.33. The third-order valence-electron chi connectivity index (χ3n) is 4.81. The SMILES string of the molecule is Cc1c(C)[n+]2c(n1C(C)C)N=C1C2C(=O)N(CCCO)C(=O)N1C. The molecule has 1 fully saturated rings. The second-order valence-electron chi connectivity index (χ2n) is 6.59. The Kier molecular flexibility index (Phi) is 3.95. The maximum atomic E-state index is 13.0. The van der Waals surface area contributed by atoms with Gasteiger partial charge in [0.1, 0.15) is 11.4 Å². The van der Waals surface area contributed by atoms with Gasteiger partial charge >= 0.3 is 12.0 Å². The lowest BCUT2D eigenvalue weighted by molar-refractivity contribution is -0.683. The number of amides is 3. The van der Waals surface area contributed by atoms with E-state index in [0.29, 0.717) is 18.2 Å². The van der Waals surface area contributed by atoms with E-state index in [1.54, 1.807) is 7.05 Å². The molecule has 2 aliphatic rings. The smallest absolute Gasteiger partial charge is 0.396 e. The van der Waals surface area contributed by atoms with Crippen LogP contribution in [0.1, 0.15) is 43.7 Å². The van der Waals surface area contributed by atoms with Crippen LogP contribution in [-0.2, 0) is 4.79 Å². The number of hydrogen-bond acceptors (Lipinski definition) is 4. The molecule has 1 unspecified atom stereocenters. The van der Waals surface area contributed by atoms with E-state index in [1.807, 2.05) is 18.4 Å². The molecule has 1 aromatic rings. The van der Waals surface area contributed by atoms with Crippen LogP contribution in [0.3, 0.4) is 0 Å². The first-order valence-electron chi connectivity index (χ1n) is 8.22. The zero-order valence-electron chi connectivity index (χ0n) is 14.8. The first kappa shape index (κ1) is 16.6. The molecular formula is C16H24N5O3+. The molecule has 3 heterocycles. The molecule has 8 nitrogen and oxygen atoms in total. The Morgan fingerprint density at radius 2 is 1.96 bits per heavy atom. The van der Waals surface area contributed by atoms with Crippen molar-refractivity contribution >= 4 is 23.7 Å². The number of urea groups is 1. The molecule has 0 aliphatic carbocycles. The summed E-state index contributed by atoms with van der Waals surface area (Å²) >= 11 is 0. The van der Waals surface area contributed by atoms with Crippen molar-refractivity contribution < 1.29 is 19.3 Å². The quantitative estimate of drug-likeness (QED) is 0.828. The van der Waals surface area contributed by atoms with Crippen molar-refractivity contribution in [2.45, 2.75) is 46.2 Å². The van der Waals surface area contributed by atoms with Gasteiger partial charge in [-0.25, -0.2) is 13.9 Å². The molecule has 24 heavy (non-hydrogen) atoms. The van der Waals surface area contributed by atoms with Crippen LogP contribution < -0.4 is 4.57 Å². The molecule has 0 radical (unpaired) electrons. The summed E-state index contributed by atoms with van der Waals surface area (Å²) < 4.78 is 4.01. The van der Waals surface area contributed by atoms with Gasteiger partial charge in [-0.2, -0.15) is 0 Å². The molecule has 0 bridgehead atoms. The van der Waals surface area contributed by atoms with Gasteiger partial charge in [-0.15, -0.1) is 0 Å². The highest BCUT2D eigenvalue weighted by atomic mass is 16.3. The van der Waals surface area contributed by atoms with Gasteiger partial charge in [0, 0.05) is 20.2 Å². The second-order valence-corrected chi connectivity index (χ2v) is 6.59. The Hall–Kier alpha value is -2.22. The summed E-state index contributed by atoms with van der Waals surface area (Å²) in [6.45, 7) is 8.27. The predicted molar refractivity (Wildman–Crippen MR) is 87.2 cm³/mol.